The highest BCUT2D eigenvalue weighted by atomic mass is 16.5. The van der Waals surface area contributed by atoms with Crippen molar-refractivity contribution in [1.82, 2.24) is 0 Å². The molecule has 0 saturated heterocycles. The molecule has 86 valence electrons. The van der Waals surface area contributed by atoms with Crippen molar-refractivity contribution < 1.29 is 9.84 Å². The van der Waals surface area contributed by atoms with Crippen molar-refractivity contribution >= 4 is 0 Å². The zero-order valence-corrected chi connectivity index (χ0v) is 9.96. The molecule has 2 unspecified atom stereocenters. The van der Waals surface area contributed by atoms with E-state index in [-0.39, 0.29) is 6.10 Å². The van der Waals surface area contributed by atoms with Crippen LogP contribution < -0.4 is 0 Å². The molecule has 2 nitrogen and oxygen atoms in total. The second-order valence-electron chi connectivity index (χ2n) is 4.17. The van der Waals surface area contributed by atoms with Crippen molar-refractivity contribution in [2.75, 3.05) is 6.61 Å². The summed E-state index contributed by atoms with van der Waals surface area (Å²) in [4.78, 5) is 0. The van der Waals surface area contributed by atoms with Crippen LogP contribution in [0.25, 0.3) is 0 Å². The summed E-state index contributed by atoms with van der Waals surface area (Å²) in [5.41, 5.74) is 0. The lowest BCUT2D eigenvalue weighted by Gasteiger charge is -2.13. The van der Waals surface area contributed by atoms with E-state index in [1.807, 2.05) is 6.92 Å². The van der Waals surface area contributed by atoms with Gasteiger partial charge in [-0.15, -0.1) is 0 Å². The number of rotatable bonds is 9. The maximum Gasteiger partial charge on any atom is 0.0547 e. The predicted molar refractivity (Wildman–Crippen MR) is 60.5 cm³/mol. The van der Waals surface area contributed by atoms with Crippen LogP contribution in [-0.2, 0) is 4.74 Å². The summed E-state index contributed by atoms with van der Waals surface area (Å²) in [6.07, 6.45) is 6.95. The molecule has 0 amide bonds. The molecular weight excluding hydrogens is 176 g/mol. The molecule has 0 rings (SSSR count). The topological polar surface area (TPSA) is 29.5 Å². The Bertz CT molecular complexity index is 113. The molecule has 0 saturated carbocycles. The lowest BCUT2D eigenvalue weighted by atomic mass is 10.1. The Morgan fingerprint density at radius 1 is 1.07 bits per heavy atom. The molecular formula is C12H26O2. The first kappa shape index (κ1) is 13.9. The third-order valence-electron chi connectivity index (χ3n) is 2.39. The highest BCUT2D eigenvalue weighted by Gasteiger charge is 2.03. The number of hydrogen-bond donors (Lipinski definition) is 1. The van der Waals surface area contributed by atoms with Gasteiger partial charge in [-0.05, 0) is 33.1 Å². The molecule has 14 heavy (non-hydrogen) atoms. The molecule has 2 atom stereocenters. The van der Waals surface area contributed by atoms with Crippen molar-refractivity contribution in [1.29, 1.82) is 0 Å². The maximum absolute atomic E-state index is 9.09. The standard InChI is InChI=1S/C12H26O2/c1-4-5-6-7-10-14-12(3)9-8-11(2)13/h11-13H,4-10H2,1-3H3. The van der Waals surface area contributed by atoms with E-state index in [9.17, 15) is 0 Å². The second-order valence-corrected chi connectivity index (χ2v) is 4.17. The van der Waals surface area contributed by atoms with Crippen LogP contribution in [-0.4, -0.2) is 23.9 Å². The highest BCUT2D eigenvalue weighted by molar-refractivity contribution is 4.54. The van der Waals surface area contributed by atoms with Gasteiger partial charge in [0.1, 0.15) is 0 Å². The molecule has 0 aromatic heterocycles. The van der Waals surface area contributed by atoms with Crippen molar-refractivity contribution in [3.05, 3.63) is 0 Å². The molecule has 0 fully saturated rings. The van der Waals surface area contributed by atoms with Gasteiger partial charge in [0.05, 0.1) is 12.2 Å². The minimum Gasteiger partial charge on any atom is -0.393 e. The van der Waals surface area contributed by atoms with Gasteiger partial charge in [-0.2, -0.15) is 0 Å². The van der Waals surface area contributed by atoms with Crippen molar-refractivity contribution in [3.63, 3.8) is 0 Å². The van der Waals surface area contributed by atoms with Crippen LogP contribution in [0.15, 0.2) is 0 Å². The van der Waals surface area contributed by atoms with E-state index >= 15 is 0 Å². The number of hydrogen-bond acceptors (Lipinski definition) is 2. The van der Waals surface area contributed by atoms with Gasteiger partial charge in [0.15, 0.2) is 0 Å². The van der Waals surface area contributed by atoms with Gasteiger partial charge in [-0.1, -0.05) is 26.2 Å². The molecule has 0 aromatic rings. The Morgan fingerprint density at radius 2 is 1.79 bits per heavy atom. The first-order chi connectivity index (χ1) is 6.66. The minimum atomic E-state index is -0.193. The van der Waals surface area contributed by atoms with Gasteiger partial charge >= 0.3 is 0 Å². The van der Waals surface area contributed by atoms with E-state index in [4.69, 9.17) is 9.84 Å². The summed E-state index contributed by atoms with van der Waals surface area (Å²) < 4.78 is 5.63. The van der Waals surface area contributed by atoms with E-state index in [1.54, 1.807) is 0 Å². The number of ether oxygens (including phenoxy) is 1. The number of unbranched alkanes of at least 4 members (excludes halogenated alkanes) is 3. The van der Waals surface area contributed by atoms with Gasteiger partial charge in [0.25, 0.3) is 0 Å². The van der Waals surface area contributed by atoms with Crippen LogP contribution in [0.5, 0.6) is 0 Å². The van der Waals surface area contributed by atoms with Crippen LogP contribution in [0.4, 0.5) is 0 Å². The van der Waals surface area contributed by atoms with E-state index in [1.165, 1.54) is 25.7 Å². The first-order valence-corrected chi connectivity index (χ1v) is 5.96. The molecule has 0 bridgehead atoms. The van der Waals surface area contributed by atoms with Crippen molar-refractivity contribution in [2.24, 2.45) is 0 Å². The van der Waals surface area contributed by atoms with Crippen molar-refractivity contribution in [3.8, 4) is 0 Å². The third-order valence-corrected chi connectivity index (χ3v) is 2.39. The largest absolute Gasteiger partial charge is 0.393 e. The second kappa shape index (κ2) is 9.47. The minimum absolute atomic E-state index is 0.193. The molecule has 0 aromatic carbocycles. The van der Waals surface area contributed by atoms with Gasteiger partial charge in [-0.3, -0.25) is 0 Å². The Labute approximate surface area is 88.7 Å². The molecule has 0 heterocycles. The fourth-order valence-corrected chi connectivity index (χ4v) is 1.37. The lowest BCUT2D eigenvalue weighted by molar-refractivity contribution is 0.0462. The monoisotopic (exact) mass is 202 g/mol. The lowest BCUT2D eigenvalue weighted by Crippen LogP contribution is -2.12. The van der Waals surface area contributed by atoms with Crippen LogP contribution in [0.3, 0.4) is 0 Å². The summed E-state index contributed by atoms with van der Waals surface area (Å²) in [6, 6.07) is 0. The molecule has 2 heteroatoms. The van der Waals surface area contributed by atoms with Gasteiger partial charge < -0.3 is 9.84 Å². The Balaban J connectivity index is 3.14. The predicted octanol–water partition coefficient (Wildman–Crippen LogP) is 3.13. The average molecular weight is 202 g/mol. The fourth-order valence-electron chi connectivity index (χ4n) is 1.37. The molecule has 0 aliphatic heterocycles. The summed E-state index contributed by atoms with van der Waals surface area (Å²) in [6.45, 7) is 7.00. The normalized spacial score (nSPS) is 15.4. The number of aliphatic hydroxyl groups excluding tert-OH is 1. The zero-order chi connectivity index (χ0) is 10.8. The van der Waals surface area contributed by atoms with E-state index in [0.717, 1.165) is 19.4 Å². The summed E-state index contributed by atoms with van der Waals surface area (Å²) in [5.74, 6) is 0. The summed E-state index contributed by atoms with van der Waals surface area (Å²) in [7, 11) is 0. The SMILES string of the molecule is CCCCCCOC(C)CCC(C)O. The third kappa shape index (κ3) is 10.0. The average Bonchev–Trinajstić information content (AvgIpc) is 2.14. The Morgan fingerprint density at radius 3 is 2.36 bits per heavy atom. The Kier molecular flexibility index (Phi) is 9.42. The highest BCUT2D eigenvalue weighted by Crippen LogP contribution is 2.06. The Hall–Kier alpha value is -0.0800. The van der Waals surface area contributed by atoms with Gasteiger partial charge in [0.2, 0.25) is 0 Å². The number of aliphatic hydroxyl groups is 1. The first-order valence-electron chi connectivity index (χ1n) is 5.96. The quantitative estimate of drug-likeness (QED) is 0.582. The van der Waals surface area contributed by atoms with Crippen LogP contribution in [0.1, 0.15) is 59.3 Å². The maximum atomic E-state index is 9.09. The van der Waals surface area contributed by atoms with Gasteiger partial charge in [-0.25, -0.2) is 0 Å². The molecule has 0 spiro atoms. The van der Waals surface area contributed by atoms with Crippen LogP contribution >= 0.6 is 0 Å². The molecule has 0 aliphatic carbocycles. The van der Waals surface area contributed by atoms with Crippen molar-refractivity contribution in [2.45, 2.75) is 71.5 Å². The summed E-state index contributed by atoms with van der Waals surface area (Å²) >= 11 is 0. The van der Waals surface area contributed by atoms with Gasteiger partial charge in [0, 0.05) is 6.61 Å². The molecule has 0 radical (unpaired) electrons. The van der Waals surface area contributed by atoms with E-state index in [0.29, 0.717) is 6.10 Å². The summed E-state index contributed by atoms with van der Waals surface area (Å²) in [5, 5.41) is 9.09. The van der Waals surface area contributed by atoms with E-state index < -0.39 is 0 Å². The molecule has 0 aliphatic rings. The smallest absolute Gasteiger partial charge is 0.0547 e. The van der Waals surface area contributed by atoms with Crippen LogP contribution in [0, 0.1) is 0 Å². The zero-order valence-electron chi connectivity index (χ0n) is 9.96. The van der Waals surface area contributed by atoms with E-state index in [2.05, 4.69) is 13.8 Å². The molecule has 1 N–H and O–H groups in total. The van der Waals surface area contributed by atoms with Crippen LogP contribution in [0.2, 0.25) is 0 Å². The fraction of sp³-hybridized carbons (Fsp3) is 1.00.